The van der Waals surface area contributed by atoms with Crippen molar-refractivity contribution in [2.45, 2.75) is 13.5 Å². The minimum absolute atomic E-state index is 0.407. The van der Waals surface area contributed by atoms with E-state index in [4.69, 9.17) is 11.6 Å². The number of aryl methyl sites for hydroxylation is 1. The van der Waals surface area contributed by atoms with Gasteiger partial charge >= 0.3 is 0 Å². The van der Waals surface area contributed by atoms with E-state index in [1.54, 1.807) is 16.8 Å². The minimum Gasteiger partial charge on any atom is -0.324 e. The van der Waals surface area contributed by atoms with Crippen LogP contribution in [0, 0.1) is 11.6 Å². The zero-order valence-electron chi connectivity index (χ0n) is 10.5. The molecule has 7 heteroatoms. The maximum Gasteiger partial charge on any atom is 0.161 e. The van der Waals surface area contributed by atoms with Gasteiger partial charge in [-0.2, -0.15) is 0 Å². The first-order valence-electron chi connectivity index (χ1n) is 6.04. The van der Waals surface area contributed by atoms with Gasteiger partial charge in [-0.3, -0.25) is 5.43 Å². The predicted molar refractivity (Wildman–Crippen MR) is 73.5 cm³/mol. The molecule has 0 amide bonds. The smallest absolute Gasteiger partial charge is 0.161 e. The zero-order valence-corrected chi connectivity index (χ0v) is 11.3. The van der Waals surface area contributed by atoms with Crippen molar-refractivity contribution in [1.29, 1.82) is 0 Å². The molecule has 2 aromatic rings. The molecular formula is C13H11ClF2N4. The molecule has 2 heterocycles. The molecule has 0 bridgehead atoms. The average Bonchev–Trinajstić information content (AvgIpc) is 2.77. The maximum atomic E-state index is 13.4. The third kappa shape index (κ3) is 2.02. The lowest BCUT2D eigenvalue weighted by Crippen LogP contribution is -2.27. The molecule has 1 aromatic heterocycles. The first-order chi connectivity index (χ1) is 9.60. The summed E-state index contributed by atoms with van der Waals surface area (Å²) in [6, 6.07) is 2.26. The lowest BCUT2D eigenvalue weighted by atomic mass is 10.2. The molecule has 0 radical (unpaired) electrons. The highest BCUT2D eigenvalue weighted by Crippen LogP contribution is 2.26. The molecule has 0 atom stereocenters. The maximum absolute atomic E-state index is 13.4. The molecule has 1 aliphatic heterocycles. The van der Waals surface area contributed by atoms with E-state index in [0.717, 1.165) is 17.7 Å². The second-order valence-corrected chi connectivity index (χ2v) is 4.70. The van der Waals surface area contributed by atoms with Gasteiger partial charge in [0.05, 0.1) is 11.0 Å². The second-order valence-electron chi connectivity index (χ2n) is 4.30. The van der Waals surface area contributed by atoms with Gasteiger partial charge in [0.2, 0.25) is 0 Å². The summed E-state index contributed by atoms with van der Waals surface area (Å²) in [6.07, 6.45) is 3.38. The van der Waals surface area contributed by atoms with Crippen LogP contribution in [0.5, 0.6) is 0 Å². The fourth-order valence-corrected chi connectivity index (χ4v) is 2.36. The number of nitrogens with one attached hydrogen (secondary N) is 2. The van der Waals surface area contributed by atoms with Gasteiger partial charge in [-0.15, -0.1) is 0 Å². The lowest BCUT2D eigenvalue weighted by Gasteiger charge is -2.14. The molecular weight excluding hydrogens is 286 g/mol. The summed E-state index contributed by atoms with van der Waals surface area (Å²) in [4.78, 5) is 4.36. The Hall–Kier alpha value is -2.08. The first kappa shape index (κ1) is 12.9. The Kier molecular flexibility index (Phi) is 3.10. The number of allylic oxidation sites excluding steroid dienone is 2. The molecule has 1 aliphatic rings. The fraction of sp³-hybridized carbons (Fsp3) is 0.154. The van der Waals surface area contributed by atoms with E-state index in [2.05, 4.69) is 15.8 Å². The Labute approximate surface area is 118 Å². The summed E-state index contributed by atoms with van der Waals surface area (Å²) in [5, 5.41) is 0.412. The zero-order chi connectivity index (χ0) is 14.3. The third-order valence-electron chi connectivity index (χ3n) is 3.07. The molecule has 1 aromatic carbocycles. The van der Waals surface area contributed by atoms with Crippen LogP contribution in [0.3, 0.4) is 0 Å². The number of fused-ring (bicyclic) bond motifs is 1. The van der Waals surface area contributed by atoms with Crippen molar-refractivity contribution in [3.8, 4) is 0 Å². The van der Waals surface area contributed by atoms with Crippen LogP contribution in [0.1, 0.15) is 12.7 Å². The highest BCUT2D eigenvalue weighted by Gasteiger charge is 2.17. The summed E-state index contributed by atoms with van der Waals surface area (Å²) in [5.41, 5.74) is 7.19. The quantitative estimate of drug-likeness (QED) is 0.838. The van der Waals surface area contributed by atoms with Gasteiger partial charge in [-0.25, -0.2) is 13.8 Å². The Morgan fingerprint density at radius 1 is 1.30 bits per heavy atom. The first-order valence-corrected chi connectivity index (χ1v) is 6.42. The van der Waals surface area contributed by atoms with E-state index < -0.39 is 11.6 Å². The molecule has 0 spiro atoms. The molecule has 3 rings (SSSR count). The number of halogens is 3. The van der Waals surface area contributed by atoms with Crippen molar-refractivity contribution in [2.75, 3.05) is 0 Å². The molecule has 0 fully saturated rings. The van der Waals surface area contributed by atoms with Crippen LogP contribution < -0.4 is 10.9 Å². The predicted octanol–water partition coefficient (Wildman–Crippen LogP) is 2.86. The molecule has 0 saturated heterocycles. The van der Waals surface area contributed by atoms with E-state index in [9.17, 15) is 8.78 Å². The van der Waals surface area contributed by atoms with Gasteiger partial charge in [0.25, 0.3) is 0 Å². The molecule has 4 nitrogen and oxygen atoms in total. The Morgan fingerprint density at radius 3 is 2.75 bits per heavy atom. The van der Waals surface area contributed by atoms with Gasteiger partial charge in [0.15, 0.2) is 11.6 Å². The fourth-order valence-electron chi connectivity index (χ4n) is 2.19. The van der Waals surface area contributed by atoms with Crippen molar-refractivity contribution in [2.24, 2.45) is 0 Å². The Morgan fingerprint density at radius 2 is 2.05 bits per heavy atom. The molecule has 2 N–H and O–H groups in total. The SMILES string of the molecule is CCn1c(C2=CNNC(Cl)=C2)nc2cc(F)c(F)cc21. The van der Waals surface area contributed by atoms with Crippen LogP contribution in [0.25, 0.3) is 16.6 Å². The van der Waals surface area contributed by atoms with Crippen molar-refractivity contribution in [3.63, 3.8) is 0 Å². The Bertz CT molecular complexity index is 748. The standard InChI is InChI=1S/C13H11ClF2N4/c1-2-20-11-5-9(16)8(15)4-10(11)18-13(20)7-3-12(14)19-17-6-7/h3-6,17,19H,2H2,1H3. The van der Waals surface area contributed by atoms with Crippen LogP contribution in [-0.4, -0.2) is 9.55 Å². The summed E-state index contributed by atoms with van der Waals surface area (Å²) < 4.78 is 28.5. The van der Waals surface area contributed by atoms with Crippen molar-refractivity contribution < 1.29 is 8.78 Å². The summed E-state index contributed by atoms with van der Waals surface area (Å²) >= 11 is 5.90. The minimum atomic E-state index is -0.907. The van der Waals surface area contributed by atoms with E-state index in [0.29, 0.717) is 28.6 Å². The van der Waals surface area contributed by atoms with E-state index in [1.165, 1.54) is 0 Å². The van der Waals surface area contributed by atoms with Crippen LogP contribution in [-0.2, 0) is 6.54 Å². The molecule has 0 aliphatic carbocycles. The molecule has 20 heavy (non-hydrogen) atoms. The number of benzene rings is 1. The van der Waals surface area contributed by atoms with Crippen molar-refractivity contribution in [3.05, 3.63) is 47.0 Å². The summed E-state index contributed by atoms with van der Waals surface area (Å²) in [7, 11) is 0. The lowest BCUT2D eigenvalue weighted by molar-refractivity contribution is 0.510. The average molecular weight is 297 g/mol. The van der Waals surface area contributed by atoms with Crippen molar-refractivity contribution >= 4 is 28.2 Å². The molecule has 0 unspecified atom stereocenters. The summed E-state index contributed by atoms with van der Waals surface area (Å²) in [6.45, 7) is 2.49. The Balaban J connectivity index is 2.23. The van der Waals surface area contributed by atoms with E-state index in [-0.39, 0.29) is 0 Å². The summed E-state index contributed by atoms with van der Waals surface area (Å²) in [5.74, 6) is -1.19. The van der Waals surface area contributed by atoms with Crippen LogP contribution in [0.15, 0.2) is 29.6 Å². The third-order valence-corrected chi connectivity index (χ3v) is 3.27. The number of hydrogen-bond acceptors (Lipinski definition) is 3. The largest absolute Gasteiger partial charge is 0.324 e. The number of hydrogen-bond donors (Lipinski definition) is 2. The molecule has 104 valence electrons. The van der Waals surface area contributed by atoms with E-state index >= 15 is 0 Å². The van der Waals surface area contributed by atoms with Crippen LogP contribution >= 0.6 is 11.6 Å². The van der Waals surface area contributed by atoms with E-state index in [1.807, 2.05) is 6.92 Å². The highest BCUT2D eigenvalue weighted by atomic mass is 35.5. The van der Waals surface area contributed by atoms with Crippen molar-refractivity contribution in [1.82, 2.24) is 20.4 Å². The number of aromatic nitrogens is 2. The normalized spacial score (nSPS) is 14.6. The van der Waals surface area contributed by atoms with Gasteiger partial charge in [-0.05, 0) is 13.0 Å². The van der Waals surface area contributed by atoms with Crippen LogP contribution in [0.2, 0.25) is 0 Å². The van der Waals surface area contributed by atoms with Gasteiger partial charge in [0, 0.05) is 30.5 Å². The topological polar surface area (TPSA) is 41.9 Å². The van der Waals surface area contributed by atoms with Gasteiger partial charge in [0.1, 0.15) is 11.0 Å². The highest BCUT2D eigenvalue weighted by molar-refractivity contribution is 6.30. The number of nitrogens with zero attached hydrogens (tertiary/aromatic N) is 2. The number of hydrazine groups is 1. The monoisotopic (exact) mass is 296 g/mol. The molecule has 0 saturated carbocycles. The van der Waals surface area contributed by atoms with Gasteiger partial charge < -0.3 is 9.99 Å². The van der Waals surface area contributed by atoms with Crippen LogP contribution in [0.4, 0.5) is 8.78 Å². The second kappa shape index (κ2) is 4.79. The number of imidazole rings is 1. The number of rotatable bonds is 2. The van der Waals surface area contributed by atoms with Gasteiger partial charge in [-0.1, -0.05) is 11.6 Å².